The van der Waals surface area contributed by atoms with Gasteiger partial charge in [0.25, 0.3) is 11.7 Å². The normalized spacial score (nSPS) is 14.0. The van der Waals surface area contributed by atoms with Crippen LogP contribution in [0.2, 0.25) is 0 Å². The Hall–Kier alpha value is -2.19. The van der Waals surface area contributed by atoms with Gasteiger partial charge in [0.1, 0.15) is 0 Å². The summed E-state index contributed by atoms with van der Waals surface area (Å²) in [6.45, 7) is 2.27. The Morgan fingerprint density at radius 3 is 3.00 bits per heavy atom. The maximum atomic E-state index is 10.9. The van der Waals surface area contributed by atoms with Crippen molar-refractivity contribution in [1.82, 2.24) is 4.98 Å². The molecular formula is C13H17N3O5. The van der Waals surface area contributed by atoms with Crippen molar-refractivity contribution in [3.8, 4) is 0 Å². The molecule has 0 spiro atoms. The van der Waals surface area contributed by atoms with Gasteiger partial charge in [-0.2, -0.15) is 4.98 Å². The molecule has 0 aliphatic carbocycles. The molecule has 1 atom stereocenters. The van der Waals surface area contributed by atoms with E-state index in [0.717, 1.165) is 0 Å². The SMILES string of the molecule is COCCC(C)(O)CNc1nc2c([N+](=O)[O-])cccc2o1. The van der Waals surface area contributed by atoms with E-state index in [1.807, 2.05) is 0 Å². The van der Waals surface area contributed by atoms with E-state index in [4.69, 9.17) is 9.15 Å². The summed E-state index contributed by atoms with van der Waals surface area (Å²) >= 11 is 0. The standard InChI is InChI=1S/C13H17N3O5/c1-13(17,6-7-20-2)8-14-12-15-11-9(16(18)19)4-3-5-10(11)21-12/h3-5,17H,6-8H2,1-2H3,(H,14,15). The topological polar surface area (TPSA) is 111 Å². The van der Waals surface area contributed by atoms with Crippen LogP contribution in [0, 0.1) is 10.1 Å². The number of nitro benzene ring substituents is 1. The lowest BCUT2D eigenvalue weighted by Gasteiger charge is -2.22. The molecule has 1 heterocycles. The summed E-state index contributed by atoms with van der Waals surface area (Å²) in [6.07, 6.45) is 0.441. The number of fused-ring (bicyclic) bond motifs is 1. The first-order valence-electron chi connectivity index (χ1n) is 6.42. The number of nitrogens with zero attached hydrogens (tertiary/aromatic N) is 2. The predicted octanol–water partition coefficient (Wildman–Crippen LogP) is 1.94. The van der Waals surface area contributed by atoms with Gasteiger partial charge >= 0.3 is 0 Å². The number of hydrogen-bond donors (Lipinski definition) is 2. The molecule has 8 heteroatoms. The number of oxazole rings is 1. The summed E-state index contributed by atoms with van der Waals surface area (Å²) in [7, 11) is 1.56. The highest BCUT2D eigenvalue weighted by molar-refractivity contribution is 5.83. The zero-order chi connectivity index (χ0) is 15.5. The van der Waals surface area contributed by atoms with Gasteiger partial charge in [-0.3, -0.25) is 10.1 Å². The van der Waals surface area contributed by atoms with Crippen molar-refractivity contribution in [2.75, 3.05) is 25.6 Å². The van der Waals surface area contributed by atoms with Gasteiger partial charge in [0.05, 0.1) is 10.5 Å². The van der Waals surface area contributed by atoms with Crippen LogP contribution >= 0.6 is 0 Å². The zero-order valence-electron chi connectivity index (χ0n) is 11.8. The molecule has 1 aromatic heterocycles. The van der Waals surface area contributed by atoms with Gasteiger partial charge in [-0.05, 0) is 13.0 Å². The van der Waals surface area contributed by atoms with Gasteiger partial charge in [-0.15, -0.1) is 0 Å². The van der Waals surface area contributed by atoms with E-state index < -0.39 is 10.5 Å². The largest absolute Gasteiger partial charge is 0.423 e. The van der Waals surface area contributed by atoms with Gasteiger partial charge in [-0.1, -0.05) is 6.07 Å². The Morgan fingerprint density at radius 2 is 2.33 bits per heavy atom. The molecule has 0 bridgehead atoms. The maximum Gasteiger partial charge on any atom is 0.298 e. The quantitative estimate of drug-likeness (QED) is 0.593. The Bertz CT molecular complexity index is 638. The zero-order valence-corrected chi connectivity index (χ0v) is 11.8. The van der Waals surface area contributed by atoms with Crippen LogP contribution in [0.15, 0.2) is 22.6 Å². The van der Waals surface area contributed by atoms with Gasteiger partial charge in [0.15, 0.2) is 11.1 Å². The van der Waals surface area contributed by atoms with Crippen LogP contribution in [0.25, 0.3) is 11.1 Å². The number of methoxy groups -OCH3 is 1. The van der Waals surface area contributed by atoms with Gasteiger partial charge in [0, 0.05) is 32.7 Å². The number of rotatable bonds is 7. The summed E-state index contributed by atoms with van der Waals surface area (Å²) in [6, 6.07) is 4.63. The fourth-order valence-electron chi connectivity index (χ4n) is 1.83. The molecule has 1 aromatic carbocycles. The summed E-state index contributed by atoms with van der Waals surface area (Å²) in [5, 5.41) is 23.9. The summed E-state index contributed by atoms with van der Waals surface area (Å²) in [4.78, 5) is 14.5. The highest BCUT2D eigenvalue weighted by Gasteiger charge is 2.22. The molecule has 0 amide bonds. The maximum absolute atomic E-state index is 10.9. The molecule has 2 aromatic rings. The average molecular weight is 295 g/mol. The van der Waals surface area contributed by atoms with E-state index in [1.165, 1.54) is 12.1 Å². The number of nitro groups is 1. The second-order valence-electron chi connectivity index (χ2n) is 4.99. The van der Waals surface area contributed by atoms with Crippen molar-refractivity contribution >= 4 is 22.8 Å². The van der Waals surface area contributed by atoms with Crippen LogP contribution in [0.4, 0.5) is 11.7 Å². The third-order valence-corrected chi connectivity index (χ3v) is 3.06. The molecule has 8 nitrogen and oxygen atoms in total. The van der Waals surface area contributed by atoms with E-state index in [1.54, 1.807) is 20.1 Å². The summed E-state index contributed by atoms with van der Waals surface area (Å²) in [5.74, 6) is 0. The highest BCUT2D eigenvalue weighted by atomic mass is 16.6. The number of ether oxygens (including phenoxy) is 1. The van der Waals surface area contributed by atoms with Crippen molar-refractivity contribution in [1.29, 1.82) is 0 Å². The van der Waals surface area contributed by atoms with Gasteiger partial charge < -0.3 is 19.6 Å². The van der Waals surface area contributed by atoms with E-state index in [9.17, 15) is 15.2 Å². The van der Waals surface area contributed by atoms with Crippen LogP contribution in [-0.2, 0) is 4.74 Å². The fourth-order valence-corrected chi connectivity index (χ4v) is 1.83. The molecule has 21 heavy (non-hydrogen) atoms. The van der Waals surface area contributed by atoms with Crippen LogP contribution in [0.5, 0.6) is 0 Å². The molecule has 0 saturated carbocycles. The molecule has 114 valence electrons. The van der Waals surface area contributed by atoms with E-state index >= 15 is 0 Å². The number of aromatic nitrogens is 1. The summed E-state index contributed by atoms with van der Waals surface area (Å²) in [5.41, 5.74) is -0.608. The third-order valence-electron chi connectivity index (χ3n) is 3.06. The van der Waals surface area contributed by atoms with Crippen molar-refractivity contribution in [2.45, 2.75) is 18.9 Å². The lowest BCUT2D eigenvalue weighted by Crippen LogP contribution is -2.34. The lowest BCUT2D eigenvalue weighted by atomic mass is 10.0. The van der Waals surface area contributed by atoms with Crippen molar-refractivity contribution in [2.24, 2.45) is 0 Å². The van der Waals surface area contributed by atoms with Crippen molar-refractivity contribution in [3.05, 3.63) is 28.3 Å². The minimum atomic E-state index is -0.997. The molecule has 0 fully saturated rings. The van der Waals surface area contributed by atoms with E-state index in [0.29, 0.717) is 18.6 Å². The Labute approximate surface area is 120 Å². The number of non-ortho nitro benzene ring substituents is 1. The predicted molar refractivity (Wildman–Crippen MR) is 76.3 cm³/mol. The molecule has 0 aliphatic heterocycles. The number of para-hydroxylation sites is 1. The monoisotopic (exact) mass is 295 g/mol. The second kappa shape index (κ2) is 6.06. The number of nitrogens with one attached hydrogen (secondary N) is 1. The van der Waals surface area contributed by atoms with Crippen molar-refractivity contribution in [3.63, 3.8) is 0 Å². The lowest BCUT2D eigenvalue weighted by molar-refractivity contribution is -0.383. The van der Waals surface area contributed by atoms with Gasteiger partial charge in [-0.25, -0.2) is 0 Å². The van der Waals surface area contributed by atoms with Crippen LogP contribution < -0.4 is 5.32 Å². The second-order valence-corrected chi connectivity index (χ2v) is 4.99. The Kier molecular flexibility index (Phi) is 4.39. The molecule has 0 radical (unpaired) electrons. The Balaban J connectivity index is 2.13. The molecule has 1 unspecified atom stereocenters. The number of benzene rings is 1. The molecular weight excluding hydrogens is 278 g/mol. The molecule has 2 N–H and O–H groups in total. The molecule has 2 rings (SSSR count). The van der Waals surface area contributed by atoms with Crippen LogP contribution in [0.1, 0.15) is 13.3 Å². The third kappa shape index (κ3) is 3.67. The highest BCUT2D eigenvalue weighted by Crippen LogP contribution is 2.27. The smallest absolute Gasteiger partial charge is 0.298 e. The van der Waals surface area contributed by atoms with E-state index in [2.05, 4.69) is 10.3 Å². The average Bonchev–Trinajstić information content (AvgIpc) is 2.85. The fraction of sp³-hybridized carbons (Fsp3) is 0.462. The first-order chi connectivity index (χ1) is 9.93. The van der Waals surface area contributed by atoms with E-state index in [-0.39, 0.29) is 23.8 Å². The summed E-state index contributed by atoms with van der Waals surface area (Å²) < 4.78 is 10.3. The van der Waals surface area contributed by atoms with Crippen LogP contribution in [-0.4, -0.2) is 40.9 Å². The number of hydrogen-bond acceptors (Lipinski definition) is 7. The first-order valence-corrected chi connectivity index (χ1v) is 6.42. The number of anilines is 1. The minimum Gasteiger partial charge on any atom is -0.423 e. The Morgan fingerprint density at radius 1 is 1.57 bits per heavy atom. The molecule has 0 aliphatic rings. The minimum absolute atomic E-state index is 0.115. The van der Waals surface area contributed by atoms with Gasteiger partial charge in [0.2, 0.25) is 0 Å². The first kappa shape index (κ1) is 15.2. The van der Waals surface area contributed by atoms with Crippen LogP contribution in [0.3, 0.4) is 0 Å². The number of aliphatic hydroxyl groups is 1. The van der Waals surface area contributed by atoms with Crippen molar-refractivity contribution < 1.29 is 19.2 Å². The molecule has 0 saturated heterocycles.